The summed E-state index contributed by atoms with van der Waals surface area (Å²) in [7, 11) is 0. The molecule has 0 radical (unpaired) electrons. The monoisotopic (exact) mass is 439 g/mol. The van der Waals surface area contributed by atoms with Crippen molar-refractivity contribution < 1.29 is 0 Å². The second-order valence-electron chi connectivity index (χ2n) is 8.64. The molecule has 1 heterocycles. The topological polar surface area (TPSA) is 4.93 Å². The van der Waals surface area contributed by atoms with Crippen LogP contribution in [0.25, 0.3) is 61.8 Å². The Morgan fingerprint density at radius 1 is 0.676 bits per heavy atom. The van der Waals surface area contributed by atoms with Gasteiger partial charge in [-0.1, -0.05) is 91.5 Å². The van der Waals surface area contributed by atoms with Gasteiger partial charge in [0.1, 0.15) is 0 Å². The largest absolute Gasteiger partial charge is 0.309 e. The maximum absolute atomic E-state index is 4.16. The Labute approximate surface area is 202 Å². The fraction of sp³-hybridized carbons (Fsp3) is 0.0909. The van der Waals surface area contributed by atoms with E-state index < -0.39 is 0 Å². The first kappa shape index (κ1) is 21.7. The smallest absolute Gasteiger partial charge is 0.0553 e. The molecule has 1 aliphatic rings. The zero-order valence-electron chi connectivity index (χ0n) is 20.1. The highest BCUT2D eigenvalue weighted by Gasteiger charge is 2.25. The number of aryl methyl sites for hydroxylation is 1. The summed E-state index contributed by atoms with van der Waals surface area (Å²) in [4.78, 5) is 0. The first-order valence-electron chi connectivity index (χ1n) is 11.8. The van der Waals surface area contributed by atoms with Crippen LogP contribution in [0.15, 0.2) is 98.1 Å². The van der Waals surface area contributed by atoms with E-state index in [0.29, 0.717) is 0 Å². The molecule has 4 aromatic carbocycles. The molecule has 0 N–H and O–H groups in total. The van der Waals surface area contributed by atoms with Crippen LogP contribution in [0.2, 0.25) is 0 Å². The normalized spacial score (nSPS) is 11.5. The standard InChI is InChI=1S/C29H21N.C4H8/c1-4-20-26(5-2)30(19-15-13-18(3)14-16-19)27-17-25-22-10-7-6-9-21(22)23-11-8-12-24(28(23)25)29(20)27;1-3-4-2/h4-17H,1-2H2,3H3;3-4H,1-2H3/b;4-3-. The van der Waals surface area contributed by atoms with Gasteiger partial charge in [-0.3, -0.25) is 0 Å². The summed E-state index contributed by atoms with van der Waals surface area (Å²) >= 11 is 0. The molecule has 166 valence electrons. The van der Waals surface area contributed by atoms with Crippen molar-refractivity contribution in [3.8, 4) is 27.9 Å². The third kappa shape index (κ3) is 3.16. The van der Waals surface area contributed by atoms with Crippen molar-refractivity contribution in [1.82, 2.24) is 4.57 Å². The molecule has 0 spiro atoms. The minimum atomic E-state index is 1.08. The second kappa shape index (κ2) is 8.68. The molecule has 0 aliphatic heterocycles. The Morgan fingerprint density at radius 2 is 1.32 bits per heavy atom. The van der Waals surface area contributed by atoms with Crippen LogP contribution in [0.5, 0.6) is 0 Å². The first-order chi connectivity index (χ1) is 16.6. The van der Waals surface area contributed by atoms with Crippen molar-refractivity contribution in [3.05, 3.63) is 115 Å². The van der Waals surface area contributed by atoms with E-state index in [0.717, 1.165) is 16.9 Å². The molecule has 0 saturated heterocycles. The molecule has 6 rings (SSSR count). The minimum Gasteiger partial charge on any atom is -0.309 e. The number of benzene rings is 4. The van der Waals surface area contributed by atoms with Gasteiger partial charge in [0.05, 0.1) is 11.2 Å². The van der Waals surface area contributed by atoms with Crippen molar-refractivity contribution in [2.75, 3.05) is 0 Å². The van der Waals surface area contributed by atoms with Gasteiger partial charge in [0.15, 0.2) is 0 Å². The number of aromatic nitrogens is 1. The maximum Gasteiger partial charge on any atom is 0.0553 e. The van der Waals surface area contributed by atoms with Gasteiger partial charge in [0, 0.05) is 16.6 Å². The maximum atomic E-state index is 4.16. The predicted molar refractivity (Wildman–Crippen MR) is 151 cm³/mol. The van der Waals surface area contributed by atoms with Crippen molar-refractivity contribution >= 4 is 33.8 Å². The number of fused-ring (bicyclic) bond motifs is 5. The SMILES string of the molecule is C/C=C\C.C=Cc1c(C=C)n(-c2ccc(C)cc2)c2cc3c4c(cccc4c12)-c1ccccc1-3. The first-order valence-corrected chi connectivity index (χ1v) is 11.8. The Hall–Kier alpha value is -4.10. The van der Waals surface area contributed by atoms with E-state index in [9.17, 15) is 0 Å². The zero-order chi connectivity index (χ0) is 23.8. The molecule has 0 atom stereocenters. The molecule has 0 amide bonds. The zero-order valence-corrected chi connectivity index (χ0v) is 20.1. The molecule has 0 fully saturated rings. The van der Waals surface area contributed by atoms with Gasteiger partial charge in [0.2, 0.25) is 0 Å². The molecule has 0 unspecified atom stereocenters. The predicted octanol–water partition coefficient (Wildman–Crippen LogP) is 9.61. The van der Waals surface area contributed by atoms with Crippen LogP contribution in [0, 0.1) is 6.92 Å². The highest BCUT2D eigenvalue weighted by molar-refractivity contribution is 6.25. The van der Waals surface area contributed by atoms with Crippen LogP contribution in [0.3, 0.4) is 0 Å². The molecule has 1 aliphatic carbocycles. The molecule has 0 bridgehead atoms. The lowest BCUT2D eigenvalue weighted by molar-refractivity contribution is 1.10. The van der Waals surface area contributed by atoms with Gasteiger partial charge < -0.3 is 4.57 Å². The Balaban J connectivity index is 0.000000560. The highest BCUT2D eigenvalue weighted by atomic mass is 15.0. The summed E-state index contributed by atoms with van der Waals surface area (Å²) in [6, 6.07) is 26.4. The summed E-state index contributed by atoms with van der Waals surface area (Å²) in [5.41, 5.74) is 11.1. The summed E-state index contributed by atoms with van der Waals surface area (Å²) in [6.45, 7) is 14.4. The number of nitrogens with zero attached hydrogens (tertiary/aromatic N) is 1. The molecule has 1 aromatic heterocycles. The third-order valence-electron chi connectivity index (χ3n) is 6.70. The lowest BCUT2D eigenvalue weighted by Gasteiger charge is -2.11. The number of hydrogen-bond donors (Lipinski definition) is 0. The fourth-order valence-electron chi connectivity index (χ4n) is 5.08. The fourth-order valence-corrected chi connectivity index (χ4v) is 5.08. The van der Waals surface area contributed by atoms with E-state index in [1.807, 2.05) is 38.2 Å². The molecule has 1 heteroatoms. The van der Waals surface area contributed by atoms with Gasteiger partial charge in [-0.2, -0.15) is 0 Å². The van der Waals surface area contributed by atoms with Crippen LogP contribution < -0.4 is 0 Å². The van der Waals surface area contributed by atoms with Gasteiger partial charge in [0.25, 0.3) is 0 Å². The molecule has 1 nitrogen and oxygen atoms in total. The van der Waals surface area contributed by atoms with Crippen molar-refractivity contribution in [2.45, 2.75) is 20.8 Å². The van der Waals surface area contributed by atoms with Crippen LogP contribution in [-0.2, 0) is 0 Å². The van der Waals surface area contributed by atoms with E-state index in [1.54, 1.807) is 0 Å². The van der Waals surface area contributed by atoms with E-state index in [1.165, 1.54) is 49.5 Å². The average molecular weight is 440 g/mol. The van der Waals surface area contributed by atoms with Crippen LogP contribution in [0.1, 0.15) is 30.7 Å². The number of allylic oxidation sites excluding steroid dienone is 2. The van der Waals surface area contributed by atoms with Gasteiger partial charge in [-0.05, 0) is 78.1 Å². The van der Waals surface area contributed by atoms with Crippen molar-refractivity contribution in [1.29, 1.82) is 0 Å². The average Bonchev–Trinajstić information content (AvgIpc) is 3.39. The van der Waals surface area contributed by atoms with Crippen LogP contribution in [0.4, 0.5) is 0 Å². The molecule has 0 saturated carbocycles. The molecule has 5 aromatic rings. The molecule has 34 heavy (non-hydrogen) atoms. The molecular weight excluding hydrogens is 410 g/mol. The van der Waals surface area contributed by atoms with E-state index in [2.05, 4.69) is 97.4 Å². The second-order valence-corrected chi connectivity index (χ2v) is 8.64. The van der Waals surface area contributed by atoms with E-state index >= 15 is 0 Å². The van der Waals surface area contributed by atoms with E-state index in [4.69, 9.17) is 0 Å². The summed E-state index contributed by atoms with van der Waals surface area (Å²) in [5.74, 6) is 0. The quantitative estimate of drug-likeness (QED) is 0.242. The summed E-state index contributed by atoms with van der Waals surface area (Å²) in [5, 5.41) is 3.86. The van der Waals surface area contributed by atoms with E-state index in [-0.39, 0.29) is 0 Å². The van der Waals surface area contributed by atoms with Gasteiger partial charge >= 0.3 is 0 Å². The lowest BCUT2D eigenvalue weighted by Crippen LogP contribution is -1.97. The summed E-state index contributed by atoms with van der Waals surface area (Å²) < 4.78 is 2.32. The Bertz CT molecular complexity index is 1590. The van der Waals surface area contributed by atoms with Crippen molar-refractivity contribution in [2.24, 2.45) is 0 Å². The molecular formula is C33H29N. The van der Waals surface area contributed by atoms with Gasteiger partial charge in [-0.25, -0.2) is 0 Å². The lowest BCUT2D eigenvalue weighted by atomic mass is 9.97. The number of rotatable bonds is 3. The third-order valence-corrected chi connectivity index (χ3v) is 6.70. The highest BCUT2D eigenvalue weighted by Crippen LogP contribution is 2.50. The summed E-state index contributed by atoms with van der Waals surface area (Å²) in [6.07, 6.45) is 7.92. The number of hydrogen-bond acceptors (Lipinski definition) is 0. The van der Waals surface area contributed by atoms with Crippen molar-refractivity contribution in [3.63, 3.8) is 0 Å². The minimum absolute atomic E-state index is 1.08. The van der Waals surface area contributed by atoms with Crippen LogP contribution >= 0.6 is 0 Å². The van der Waals surface area contributed by atoms with Gasteiger partial charge in [-0.15, -0.1) is 0 Å². The van der Waals surface area contributed by atoms with Crippen LogP contribution in [-0.4, -0.2) is 4.57 Å². The Kier molecular flexibility index (Phi) is 5.55. The Morgan fingerprint density at radius 3 is 1.94 bits per heavy atom.